The number of anilines is 1. The van der Waals surface area contributed by atoms with Gasteiger partial charge in [-0.1, -0.05) is 53.4 Å². The zero-order valence-corrected chi connectivity index (χ0v) is 17.2. The normalized spacial score (nSPS) is 12.0. The minimum atomic E-state index is -0.278. The quantitative estimate of drug-likeness (QED) is 0.459. The predicted molar refractivity (Wildman–Crippen MR) is 112 cm³/mol. The molecule has 1 amide bonds. The number of carbonyl (C=O) groups is 1. The Morgan fingerprint density at radius 3 is 2.69 bits per heavy atom. The van der Waals surface area contributed by atoms with Crippen LogP contribution < -0.4 is 5.32 Å². The Morgan fingerprint density at radius 2 is 1.96 bits per heavy atom. The first-order chi connectivity index (χ1) is 12.4. The van der Waals surface area contributed by atoms with Crippen LogP contribution in [0, 0.1) is 17.8 Å². The summed E-state index contributed by atoms with van der Waals surface area (Å²) in [5.74, 6) is -0.0453. The molecule has 0 fully saturated rings. The average molecular weight is 402 g/mol. The van der Waals surface area contributed by atoms with Crippen LogP contribution in [0.4, 0.5) is 5.69 Å². The summed E-state index contributed by atoms with van der Waals surface area (Å²) < 4.78 is 3.18. The molecule has 3 rings (SSSR count). The summed E-state index contributed by atoms with van der Waals surface area (Å²) in [6.07, 6.45) is 0. The summed E-state index contributed by atoms with van der Waals surface area (Å²) in [6, 6.07) is 15.8. The Hall–Kier alpha value is -1.96. The van der Waals surface area contributed by atoms with Crippen molar-refractivity contribution in [3.63, 3.8) is 0 Å². The summed E-state index contributed by atoms with van der Waals surface area (Å²) in [5.41, 5.74) is 3.94. The van der Waals surface area contributed by atoms with Crippen molar-refractivity contribution < 1.29 is 4.79 Å². The van der Waals surface area contributed by atoms with Crippen LogP contribution in [0.1, 0.15) is 18.1 Å². The molecular formula is C19H19N3OS3. The van der Waals surface area contributed by atoms with E-state index in [4.69, 9.17) is 12.2 Å². The maximum atomic E-state index is 12.6. The Morgan fingerprint density at radius 1 is 1.23 bits per heavy atom. The number of carbonyl (C=O) groups excluding carboxylic acids is 1. The number of nitrogens with one attached hydrogen (secondary N) is 1. The van der Waals surface area contributed by atoms with Gasteiger partial charge < -0.3 is 5.32 Å². The van der Waals surface area contributed by atoms with E-state index in [0.29, 0.717) is 3.95 Å². The van der Waals surface area contributed by atoms with Crippen LogP contribution in [0.3, 0.4) is 0 Å². The number of thioether (sulfide) groups is 1. The fourth-order valence-electron chi connectivity index (χ4n) is 2.35. The molecule has 3 aromatic rings. The van der Waals surface area contributed by atoms with E-state index in [9.17, 15) is 4.79 Å². The van der Waals surface area contributed by atoms with Gasteiger partial charge in [-0.15, -0.1) is 5.10 Å². The van der Waals surface area contributed by atoms with Gasteiger partial charge in [0.1, 0.15) is 0 Å². The zero-order valence-electron chi connectivity index (χ0n) is 14.7. The van der Waals surface area contributed by atoms with E-state index in [-0.39, 0.29) is 11.2 Å². The molecule has 1 N–H and O–H groups in total. The van der Waals surface area contributed by atoms with Crippen LogP contribution in [-0.2, 0) is 4.79 Å². The first-order valence-electron chi connectivity index (χ1n) is 8.14. The van der Waals surface area contributed by atoms with Crippen molar-refractivity contribution in [3.8, 4) is 5.69 Å². The first-order valence-corrected chi connectivity index (χ1v) is 10.2. The highest BCUT2D eigenvalue weighted by Gasteiger charge is 2.18. The third-order valence-electron chi connectivity index (χ3n) is 3.83. The van der Waals surface area contributed by atoms with Crippen LogP contribution >= 0.6 is 35.3 Å². The Labute approximate surface area is 166 Å². The fraction of sp³-hybridized carbons (Fsp3) is 0.211. The molecule has 0 spiro atoms. The van der Waals surface area contributed by atoms with Gasteiger partial charge in [-0.2, -0.15) is 0 Å². The molecule has 134 valence electrons. The van der Waals surface area contributed by atoms with Crippen molar-refractivity contribution in [2.75, 3.05) is 5.32 Å². The second kappa shape index (κ2) is 8.16. The number of para-hydroxylation sites is 1. The molecule has 1 atom stereocenters. The van der Waals surface area contributed by atoms with E-state index in [1.165, 1.54) is 23.1 Å². The lowest BCUT2D eigenvalue weighted by Gasteiger charge is -2.13. The molecule has 1 aromatic heterocycles. The number of aromatic nitrogens is 2. The van der Waals surface area contributed by atoms with Crippen molar-refractivity contribution in [1.82, 2.24) is 9.78 Å². The smallest absolute Gasteiger partial charge is 0.237 e. The Balaban J connectivity index is 1.72. The molecule has 0 aliphatic carbocycles. The minimum Gasteiger partial charge on any atom is -0.325 e. The molecule has 0 aliphatic rings. The van der Waals surface area contributed by atoms with Gasteiger partial charge in [0.2, 0.25) is 5.91 Å². The number of hydrogen-bond donors (Lipinski definition) is 1. The number of amides is 1. The van der Waals surface area contributed by atoms with Gasteiger partial charge >= 0.3 is 0 Å². The molecular weight excluding hydrogens is 382 g/mol. The van der Waals surface area contributed by atoms with Crippen molar-refractivity contribution in [1.29, 1.82) is 0 Å². The van der Waals surface area contributed by atoms with E-state index in [2.05, 4.69) is 10.4 Å². The molecule has 1 heterocycles. The highest BCUT2D eigenvalue weighted by molar-refractivity contribution is 8.02. The zero-order chi connectivity index (χ0) is 18.7. The standard InChI is InChI=1S/C19H19N3OS3/c1-12-9-10-13(2)16(11-12)20-17(23)14(3)25-18-21-22(19(24)26-18)15-7-5-4-6-8-15/h4-11,14H,1-3H3,(H,20,23)/t14-/m0/s1. The van der Waals surface area contributed by atoms with Crippen LogP contribution in [0.2, 0.25) is 0 Å². The lowest BCUT2D eigenvalue weighted by Crippen LogP contribution is -2.22. The molecule has 0 saturated heterocycles. The van der Waals surface area contributed by atoms with Gasteiger partial charge in [-0.25, -0.2) is 4.68 Å². The van der Waals surface area contributed by atoms with Gasteiger partial charge in [-0.05, 0) is 62.3 Å². The van der Waals surface area contributed by atoms with Crippen molar-refractivity contribution >= 4 is 46.9 Å². The maximum Gasteiger partial charge on any atom is 0.237 e. The van der Waals surface area contributed by atoms with Crippen molar-refractivity contribution in [3.05, 3.63) is 63.6 Å². The number of nitrogens with zero attached hydrogens (tertiary/aromatic N) is 2. The molecule has 2 aromatic carbocycles. The highest BCUT2D eigenvalue weighted by atomic mass is 32.2. The van der Waals surface area contributed by atoms with E-state index in [1.807, 2.05) is 69.3 Å². The second-order valence-corrected chi connectivity index (χ2v) is 9.16. The monoisotopic (exact) mass is 401 g/mol. The molecule has 0 unspecified atom stereocenters. The summed E-state index contributed by atoms with van der Waals surface area (Å²) >= 11 is 8.25. The molecule has 0 aliphatic heterocycles. The summed E-state index contributed by atoms with van der Waals surface area (Å²) in [5, 5.41) is 7.29. The molecule has 4 nitrogen and oxygen atoms in total. The maximum absolute atomic E-state index is 12.6. The molecule has 0 radical (unpaired) electrons. The number of hydrogen-bond acceptors (Lipinski definition) is 5. The number of aryl methyl sites for hydroxylation is 2. The molecule has 26 heavy (non-hydrogen) atoms. The van der Waals surface area contributed by atoms with Gasteiger partial charge in [0.25, 0.3) is 0 Å². The van der Waals surface area contributed by atoms with Crippen LogP contribution in [0.25, 0.3) is 5.69 Å². The lowest BCUT2D eigenvalue weighted by atomic mass is 10.1. The van der Waals surface area contributed by atoms with Crippen molar-refractivity contribution in [2.24, 2.45) is 0 Å². The lowest BCUT2D eigenvalue weighted by molar-refractivity contribution is -0.115. The van der Waals surface area contributed by atoms with E-state index < -0.39 is 0 Å². The number of rotatable bonds is 5. The van der Waals surface area contributed by atoms with E-state index in [0.717, 1.165) is 26.8 Å². The molecule has 0 saturated carbocycles. The van der Waals surface area contributed by atoms with Crippen molar-refractivity contribution in [2.45, 2.75) is 30.4 Å². The topological polar surface area (TPSA) is 46.9 Å². The molecule has 0 bridgehead atoms. The summed E-state index contributed by atoms with van der Waals surface area (Å²) in [6.45, 7) is 5.87. The van der Waals surface area contributed by atoms with Gasteiger partial charge in [-0.3, -0.25) is 4.79 Å². The SMILES string of the molecule is Cc1ccc(C)c(NC(=O)[C@H](C)Sc2nn(-c3ccccc3)c(=S)s2)c1. The van der Waals surface area contributed by atoms with Gasteiger partial charge in [0.15, 0.2) is 8.29 Å². The van der Waals surface area contributed by atoms with Crippen LogP contribution in [0.5, 0.6) is 0 Å². The van der Waals surface area contributed by atoms with Crippen LogP contribution in [-0.4, -0.2) is 20.9 Å². The van der Waals surface area contributed by atoms with E-state index >= 15 is 0 Å². The Kier molecular flexibility index (Phi) is 5.90. The number of benzene rings is 2. The van der Waals surface area contributed by atoms with Gasteiger partial charge in [0, 0.05) is 5.69 Å². The van der Waals surface area contributed by atoms with E-state index in [1.54, 1.807) is 4.68 Å². The Bertz CT molecular complexity index is 979. The first kappa shape index (κ1) is 18.8. The fourth-order valence-corrected chi connectivity index (χ4v) is 4.86. The summed E-state index contributed by atoms with van der Waals surface area (Å²) in [7, 11) is 0. The third kappa shape index (κ3) is 4.41. The predicted octanol–water partition coefficient (Wildman–Crippen LogP) is 5.40. The third-order valence-corrected chi connectivity index (χ3v) is 6.24. The second-order valence-electron chi connectivity index (χ2n) is 5.95. The largest absolute Gasteiger partial charge is 0.325 e. The highest BCUT2D eigenvalue weighted by Crippen LogP contribution is 2.28. The van der Waals surface area contributed by atoms with Crippen LogP contribution in [0.15, 0.2) is 52.9 Å². The summed E-state index contributed by atoms with van der Waals surface area (Å²) in [4.78, 5) is 12.6. The molecule has 7 heteroatoms. The average Bonchev–Trinajstić information content (AvgIpc) is 2.99. The minimum absolute atomic E-state index is 0.0453. The van der Waals surface area contributed by atoms with Gasteiger partial charge in [0.05, 0.1) is 10.9 Å².